The summed E-state index contributed by atoms with van der Waals surface area (Å²) in [5.74, 6) is -2.62. The minimum Gasteiger partial charge on any atom is -0.354 e. The van der Waals surface area contributed by atoms with Crippen LogP contribution in [0.25, 0.3) is 0 Å². The lowest BCUT2D eigenvalue weighted by atomic mass is 10.1. The summed E-state index contributed by atoms with van der Waals surface area (Å²) in [5, 5.41) is 2.84. The number of carbonyl (C=O) groups excluding carboxylic acids is 2. The molecule has 0 saturated carbocycles. The van der Waals surface area contributed by atoms with Gasteiger partial charge in [-0.2, -0.15) is 0 Å². The topological polar surface area (TPSA) is 86.8 Å². The average molecular weight is 589 g/mol. The minimum absolute atomic E-state index is 0.0306. The first-order valence-electron chi connectivity index (χ1n) is 11.5. The molecule has 1 N–H and O–H groups in total. The predicted molar refractivity (Wildman–Crippen MR) is 140 cm³/mol. The van der Waals surface area contributed by atoms with Crippen molar-refractivity contribution in [2.45, 2.75) is 46.2 Å². The first-order valence-corrected chi connectivity index (χ1v) is 14.2. The van der Waals surface area contributed by atoms with Gasteiger partial charge in [0, 0.05) is 36.6 Å². The highest BCUT2D eigenvalue weighted by atomic mass is 79.9. The van der Waals surface area contributed by atoms with Crippen molar-refractivity contribution in [3.63, 3.8) is 0 Å². The van der Waals surface area contributed by atoms with E-state index in [9.17, 15) is 26.8 Å². The minimum atomic E-state index is -3.81. The number of anilines is 1. The van der Waals surface area contributed by atoms with E-state index in [-0.39, 0.29) is 49.4 Å². The molecule has 0 aromatic heterocycles. The maximum absolute atomic E-state index is 13.7. The van der Waals surface area contributed by atoms with Gasteiger partial charge in [-0.3, -0.25) is 13.9 Å². The third kappa shape index (κ3) is 8.85. The fourth-order valence-corrected chi connectivity index (χ4v) is 4.69. The van der Waals surface area contributed by atoms with Crippen molar-refractivity contribution >= 4 is 43.5 Å². The van der Waals surface area contributed by atoms with E-state index in [4.69, 9.17) is 0 Å². The maximum atomic E-state index is 13.7. The highest BCUT2D eigenvalue weighted by Gasteiger charge is 2.27. The second-order valence-electron chi connectivity index (χ2n) is 9.00. The zero-order chi connectivity index (χ0) is 27.0. The normalized spacial score (nSPS) is 12.3. The van der Waals surface area contributed by atoms with Crippen LogP contribution in [0.3, 0.4) is 0 Å². The molecule has 11 heteroatoms. The molecular formula is C25H32BrF2N3O4S. The van der Waals surface area contributed by atoms with Gasteiger partial charge in [-0.05, 0) is 49.1 Å². The molecule has 0 bridgehead atoms. The number of nitrogens with zero attached hydrogens (tertiary/aromatic N) is 2. The zero-order valence-corrected chi connectivity index (χ0v) is 23.2. The van der Waals surface area contributed by atoms with Gasteiger partial charge in [0.2, 0.25) is 21.8 Å². The first-order chi connectivity index (χ1) is 16.8. The van der Waals surface area contributed by atoms with E-state index in [1.54, 1.807) is 6.92 Å². The Morgan fingerprint density at radius 2 is 1.67 bits per heavy atom. The molecule has 1 atom stereocenters. The van der Waals surface area contributed by atoms with Crippen molar-refractivity contribution in [2.24, 2.45) is 5.92 Å². The van der Waals surface area contributed by atoms with Crippen molar-refractivity contribution in [2.75, 3.05) is 23.7 Å². The molecule has 0 radical (unpaired) electrons. The van der Waals surface area contributed by atoms with Gasteiger partial charge in [0.05, 0.1) is 11.9 Å². The molecule has 0 aliphatic carbocycles. The van der Waals surface area contributed by atoms with Crippen LogP contribution in [0.4, 0.5) is 14.5 Å². The predicted octanol–water partition coefficient (Wildman–Crippen LogP) is 4.46. The number of rotatable bonds is 12. The summed E-state index contributed by atoms with van der Waals surface area (Å²) in [4.78, 5) is 27.4. The van der Waals surface area contributed by atoms with Crippen molar-refractivity contribution < 1.29 is 26.8 Å². The van der Waals surface area contributed by atoms with Gasteiger partial charge in [0.25, 0.3) is 0 Å². The SMILES string of the molecule is CC(C)CNC(=O)[C@@H](C)N(Cc1ccc(Br)cc1)C(=O)CCCN(c1ccc(F)c(F)c1)S(C)(=O)=O. The van der Waals surface area contributed by atoms with Gasteiger partial charge in [-0.1, -0.05) is 41.9 Å². The molecule has 0 heterocycles. The maximum Gasteiger partial charge on any atom is 0.242 e. The molecule has 7 nitrogen and oxygen atoms in total. The fraction of sp³-hybridized carbons (Fsp3) is 0.440. The van der Waals surface area contributed by atoms with Crippen LogP contribution < -0.4 is 9.62 Å². The highest BCUT2D eigenvalue weighted by Crippen LogP contribution is 2.22. The second kappa shape index (κ2) is 13.1. The summed E-state index contributed by atoms with van der Waals surface area (Å²) >= 11 is 3.38. The monoisotopic (exact) mass is 587 g/mol. The van der Waals surface area contributed by atoms with E-state index in [1.807, 2.05) is 38.1 Å². The van der Waals surface area contributed by atoms with Gasteiger partial charge in [0.1, 0.15) is 6.04 Å². The lowest BCUT2D eigenvalue weighted by Gasteiger charge is -2.29. The zero-order valence-electron chi connectivity index (χ0n) is 20.8. The van der Waals surface area contributed by atoms with Gasteiger partial charge in [-0.15, -0.1) is 0 Å². The average Bonchev–Trinajstić information content (AvgIpc) is 2.80. The molecule has 0 aliphatic rings. The standard InChI is InChI=1S/C25H32BrF2N3O4S/c1-17(2)15-29-25(33)18(3)30(16-19-7-9-20(26)10-8-19)24(32)6-5-13-31(36(4,34)35)21-11-12-22(27)23(28)14-21/h7-12,14,17-18H,5-6,13,15-16H2,1-4H3,(H,29,33)/t18-/m1/s1. The molecule has 0 fully saturated rings. The third-order valence-electron chi connectivity index (χ3n) is 5.46. The molecular weight excluding hydrogens is 556 g/mol. The first kappa shape index (κ1) is 29.7. The third-order valence-corrected chi connectivity index (χ3v) is 7.18. The molecule has 2 rings (SSSR count). The number of hydrogen-bond donors (Lipinski definition) is 1. The Labute approximate surface area is 220 Å². The van der Waals surface area contributed by atoms with Crippen molar-refractivity contribution in [1.82, 2.24) is 10.2 Å². The van der Waals surface area contributed by atoms with Gasteiger partial charge in [0.15, 0.2) is 11.6 Å². The number of sulfonamides is 1. The van der Waals surface area contributed by atoms with Crippen LogP contribution in [0.15, 0.2) is 46.9 Å². The molecule has 198 valence electrons. The number of benzene rings is 2. The number of hydrogen-bond acceptors (Lipinski definition) is 4. The number of amides is 2. The number of carbonyl (C=O) groups is 2. The molecule has 2 aromatic carbocycles. The molecule has 36 heavy (non-hydrogen) atoms. The summed E-state index contributed by atoms with van der Waals surface area (Å²) < 4.78 is 53.4. The summed E-state index contributed by atoms with van der Waals surface area (Å²) in [6, 6.07) is 9.44. The molecule has 2 amide bonds. The fourth-order valence-electron chi connectivity index (χ4n) is 3.47. The van der Waals surface area contributed by atoms with Crippen molar-refractivity contribution in [3.8, 4) is 0 Å². The van der Waals surface area contributed by atoms with Crippen LogP contribution >= 0.6 is 15.9 Å². The smallest absolute Gasteiger partial charge is 0.242 e. The van der Waals surface area contributed by atoms with Crippen LogP contribution in [0.2, 0.25) is 0 Å². The molecule has 0 saturated heterocycles. The van der Waals surface area contributed by atoms with Crippen molar-refractivity contribution in [1.29, 1.82) is 0 Å². The molecule has 0 aliphatic heterocycles. The Kier molecular flexibility index (Phi) is 10.8. The second-order valence-corrected chi connectivity index (χ2v) is 11.8. The summed E-state index contributed by atoms with van der Waals surface area (Å²) in [6.07, 6.45) is 1.02. The van der Waals surface area contributed by atoms with E-state index in [1.165, 1.54) is 11.0 Å². The van der Waals surface area contributed by atoms with Crippen LogP contribution in [0.1, 0.15) is 39.2 Å². The van der Waals surface area contributed by atoms with E-state index in [2.05, 4.69) is 21.2 Å². The van der Waals surface area contributed by atoms with Crippen LogP contribution in [0.5, 0.6) is 0 Å². The van der Waals surface area contributed by atoms with Crippen molar-refractivity contribution in [3.05, 3.63) is 64.1 Å². The van der Waals surface area contributed by atoms with E-state index >= 15 is 0 Å². The molecule has 0 unspecified atom stereocenters. The van der Waals surface area contributed by atoms with Gasteiger partial charge < -0.3 is 10.2 Å². The van der Waals surface area contributed by atoms with Crippen LogP contribution in [-0.4, -0.2) is 50.5 Å². The van der Waals surface area contributed by atoms with Gasteiger partial charge in [-0.25, -0.2) is 17.2 Å². The quantitative estimate of drug-likeness (QED) is 0.397. The Bertz CT molecular complexity index is 1160. The lowest BCUT2D eigenvalue weighted by molar-refractivity contribution is -0.140. The number of halogens is 3. The van der Waals surface area contributed by atoms with E-state index in [0.717, 1.165) is 32.7 Å². The van der Waals surface area contributed by atoms with Crippen LogP contribution in [0, 0.1) is 17.6 Å². The van der Waals surface area contributed by atoms with Gasteiger partial charge >= 0.3 is 0 Å². The van der Waals surface area contributed by atoms with E-state index in [0.29, 0.717) is 6.54 Å². The highest BCUT2D eigenvalue weighted by molar-refractivity contribution is 9.10. The Balaban J connectivity index is 2.17. The summed E-state index contributed by atoms with van der Waals surface area (Å²) in [7, 11) is -3.81. The molecule has 0 spiro atoms. The largest absolute Gasteiger partial charge is 0.354 e. The summed E-state index contributed by atoms with van der Waals surface area (Å²) in [5.41, 5.74) is 0.798. The molecule has 2 aromatic rings. The lowest BCUT2D eigenvalue weighted by Crippen LogP contribution is -2.48. The van der Waals surface area contributed by atoms with E-state index < -0.39 is 27.7 Å². The Morgan fingerprint density at radius 1 is 1.03 bits per heavy atom. The Morgan fingerprint density at radius 3 is 2.22 bits per heavy atom. The Hall–Kier alpha value is -2.53. The number of nitrogens with one attached hydrogen (secondary N) is 1. The summed E-state index contributed by atoms with van der Waals surface area (Å²) in [6.45, 7) is 6.14. The van der Waals surface area contributed by atoms with Crippen LogP contribution in [-0.2, 0) is 26.2 Å².